The molecule has 1 N–H and O–H groups in total. The van der Waals surface area contributed by atoms with Crippen molar-refractivity contribution >= 4 is 21.8 Å². The number of amides is 1. The number of halogens is 1. The quantitative estimate of drug-likeness (QED) is 0.931. The predicted molar refractivity (Wildman–Crippen MR) is 71.2 cm³/mol. The zero-order valence-corrected chi connectivity index (χ0v) is 11.7. The molecule has 1 heterocycles. The van der Waals surface area contributed by atoms with Gasteiger partial charge in [0.2, 0.25) is 0 Å². The summed E-state index contributed by atoms with van der Waals surface area (Å²) in [5.41, 5.74) is 1.08. The fourth-order valence-electron chi connectivity index (χ4n) is 1.94. The molecule has 0 aliphatic heterocycles. The molecule has 1 aromatic heterocycles. The standard InChI is InChI=1S/C12H12BrN5O/c13-10-4-2-1-3-8(10)7-18(9-5-6-9)12(19)11-14-16-17-15-11/h1-4,9H,5-7H2,(H,14,15,16,17). The van der Waals surface area contributed by atoms with Gasteiger partial charge in [0.1, 0.15) is 0 Å². The second kappa shape index (κ2) is 5.08. The molecule has 0 atom stereocenters. The summed E-state index contributed by atoms with van der Waals surface area (Å²) >= 11 is 3.50. The molecule has 0 unspecified atom stereocenters. The van der Waals surface area contributed by atoms with Crippen molar-refractivity contribution in [2.45, 2.75) is 25.4 Å². The van der Waals surface area contributed by atoms with Gasteiger partial charge in [0.25, 0.3) is 11.7 Å². The Balaban J connectivity index is 1.82. The Labute approximate surface area is 118 Å². The number of carbonyl (C=O) groups is 1. The van der Waals surface area contributed by atoms with E-state index < -0.39 is 0 Å². The number of aromatic amines is 1. The minimum absolute atomic E-state index is 0.124. The van der Waals surface area contributed by atoms with Gasteiger partial charge in [0, 0.05) is 17.1 Å². The Kier molecular flexibility index (Phi) is 3.29. The van der Waals surface area contributed by atoms with Crippen molar-refractivity contribution in [2.24, 2.45) is 0 Å². The van der Waals surface area contributed by atoms with E-state index in [4.69, 9.17) is 0 Å². The van der Waals surface area contributed by atoms with E-state index in [1.54, 1.807) is 0 Å². The molecule has 3 rings (SSSR count). The van der Waals surface area contributed by atoms with Gasteiger partial charge in [0.15, 0.2) is 0 Å². The summed E-state index contributed by atoms with van der Waals surface area (Å²) in [6.07, 6.45) is 2.07. The molecule has 1 saturated carbocycles. The lowest BCUT2D eigenvalue weighted by Gasteiger charge is -2.21. The van der Waals surface area contributed by atoms with E-state index in [-0.39, 0.29) is 17.8 Å². The van der Waals surface area contributed by atoms with E-state index in [2.05, 4.69) is 36.6 Å². The molecule has 1 amide bonds. The summed E-state index contributed by atoms with van der Waals surface area (Å²) in [4.78, 5) is 14.1. The third-order valence-electron chi connectivity index (χ3n) is 3.08. The van der Waals surface area contributed by atoms with Crippen molar-refractivity contribution in [3.8, 4) is 0 Å². The maximum Gasteiger partial charge on any atom is 0.296 e. The summed E-state index contributed by atoms with van der Waals surface area (Å²) < 4.78 is 1.00. The largest absolute Gasteiger partial charge is 0.328 e. The van der Waals surface area contributed by atoms with Crippen LogP contribution in [0.1, 0.15) is 29.0 Å². The summed E-state index contributed by atoms with van der Waals surface area (Å²) in [6.45, 7) is 0.555. The van der Waals surface area contributed by atoms with E-state index in [9.17, 15) is 4.79 Å². The Bertz CT molecular complexity index is 582. The van der Waals surface area contributed by atoms with Crippen LogP contribution in [0.5, 0.6) is 0 Å². The zero-order valence-electron chi connectivity index (χ0n) is 10.1. The first kappa shape index (κ1) is 12.3. The van der Waals surface area contributed by atoms with Gasteiger partial charge in [-0.25, -0.2) is 0 Å². The number of benzene rings is 1. The van der Waals surface area contributed by atoms with E-state index >= 15 is 0 Å². The lowest BCUT2D eigenvalue weighted by atomic mass is 10.2. The van der Waals surface area contributed by atoms with Crippen LogP contribution in [-0.4, -0.2) is 37.5 Å². The van der Waals surface area contributed by atoms with Crippen molar-refractivity contribution in [1.29, 1.82) is 0 Å². The van der Waals surface area contributed by atoms with Crippen molar-refractivity contribution < 1.29 is 4.79 Å². The van der Waals surface area contributed by atoms with Crippen LogP contribution < -0.4 is 0 Å². The number of aromatic nitrogens is 4. The van der Waals surface area contributed by atoms with Crippen molar-refractivity contribution in [2.75, 3.05) is 0 Å². The van der Waals surface area contributed by atoms with Crippen molar-refractivity contribution in [1.82, 2.24) is 25.5 Å². The molecule has 0 radical (unpaired) electrons. The molecular weight excluding hydrogens is 310 g/mol. The fraction of sp³-hybridized carbons (Fsp3) is 0.333. The smallest absolute Gasteiger partial charge is 0.296 e. The molecule has 6 nitrogen and oxygen atoms in total. The molecule has 0 bridgehead atoms. The second-order valence-corrected chi connectivity index (χ2v) is 5.35. The summed E-state index contributed by atoms with van der Waals surface area (Å²) in [5, 5.41) is 13.3. The first-order chi connectivity index (χ1) is 9.25. The number of hydrogen-bond donors (Lipinski definition) is 1. The number of hydrogen-bond acceptors (Lipinski definition) is 4. The van der Waals surface area contributed by atoms with Gasteiger partial charge in [0.05, 0.1) is 0 Å². The van der Waals surface area contributed by atoms with Crippen LogP contribution in [-0.2, 0) is 6.54 Å². The number of nitrogens with one attached hydrogen (secondary N) is 1. The minimum atomic E-state index is -0.174. The van der Waals surface area contributed by atoms with E-state index in [1.807, 2.05) is 29.2 Å². The van der Waals surface area contributed by atoms with Crippen LogP contribution >= 0.6 is 15.9 Å². The van der Waals surface area contributed by atoms with Crippen LogP contribution in [0.4, 0.5) is 0 Å². The van der Waals surface area contributed by atoms with Crippen molar-refractivity contribution in [3.05, 3.63) is 40.1 Å². The Morgan fingerprint density at radius 2 is 2.21 bits per heavy atom. The molecule has 19 heavy (non-hydrogen) atoms. The summed E-state index contributed by atoms with van der Waals surface area (Å²) in [7, 11) is 0. The average molecular weight is 322 g/mol. The van der Waals surface area contributed by atoms with Crippen LogP contribution in [0.25, 0.3) is 0 Å². The second-order valence-electron chi connectivity index (χ2n) is 4.49. The number of tetrazole rings is 1. The van der Waals surface area contributed by atoms with Gasteiger partial charge >= 0.3 is 0 Å². The van der Waals surface area contributed by atoms with Gasteiger partial charge in [-0.2, -0.15) is 5.21 Å². The van der Waals surface area contributed by atoms with Crippen LogP contribution in [0.3, 0.4) is 0 Å². The predicted octanol–water partition coefficient (Wildman–Crippen LogP) is 1.77. The fourth-order valence-corrected chi connectivity index (χ4v) is 2.35. The lowest BCUT2D eigenvalue weighted by Crippen LogP contribution is -2.33. The molecule has 1 aliphatic carbocycles. The first-order valence-corrected chi connectivity index (χ1v) is 6.83. The van der Waals surface area contributed by atoms with Crippen molar-refractivity contribution in [3.63, 3.8) is 0 Å². The Hall–Kier alpha value is -1.76. The molecule has 7 heteroatoms. The highest BCUT2D eigenvalue weighted by molar-refractivity contribution is 9.10. The molecule has 2 aromatic rings. The average Bonchev–Trinajstić information content (AvgIpc) is 3.11. The highest BCUT2D eigenvalue weighted by Gasteiger charge is 2.34. The van der Waals surface area contributed by atoms with Crippen LogP contribution in [0, 0.1) is 0 Å². The third-order valence-corrected chi connectivity index (χ3v) is 3.86. The molecule has 1 aliphatic rings. The van der Waals surface area contributed by atoms with Crippen LogP contribution in [0.15, 0.2) is 28.7 Å². The minimum Gasteiger partial charge on any atom is -0.328 e. The molecule has 98 valence electrons. The maximum absolute atomic E-state index is 12.3. The molecular formula is C12H12BrN5O. The highest BCUT2D eigenvalue weighted by Crippen LogP contribution is 2.30. The first-order valence-electron chi connectivity index (χ1n) is 6.03. The number of rotatable bonds is 4. The topological polar surface area (TPSA) is 74.8 Å². The molecule has 1 fully saturated rings. The normalized spacial score (nSPS) is 14.4. The molecule has 1 aromatic carbocycles. The number of H-pyrrole nitrogens is 1. The Morgan fingerprint density at radius 3 is 2.84 bits per heavy atom. The molecule has 0 saturated heterocycles. The maximum atomic E-state index is 12.3. The van der Waals surface area contributed by atoms with Crippen LogP contribution in [0.2, 0.25) is 0 Å². The highest BCUT2D eigenvalue weighted by atomic mass is 79.9. The van der Waals surface area contributed by atoms with E-state index in [0.29, 0.717) is 6.54 Å². The van der Waals surface area contributed by atoms with Gasteiger partial charge in [-0.1, -0.05) is 34.1 Å². The molecule has 0 spiro atoms. The number of carbonyl (C=O) groups excluding carboxylic acids is 1. The van der Waals surface area contributed by atoms with Gasteiger partial charge in [-0.05, 0) is 29.7 Å². The zero-order chi connectivity index (χ0) is 13.2. The van der Waals surface area contributed by atoms with Gasteiger partial charge in [-0.15, -0.1) is 10.2 Å². The third kappa shape index (κ3) is 2.65. The summed E-state index contributed by atoms with van der Waals surface area (Å²) in [5.74, 6) is -0.0500. The monoisotopic (exact) mass is 321 g/mol. The summed E-state index contributed by atoms with van der Waals surface area (Å²) in [6, 6.07) is 8.18. The van der Waals surface area contributed by atoms with E-state index in [0.717, 1.165) is 22.9 Å². The van der Waals surface area contributed by atoms with E-state index in [1.165, 1.54) is 0 Å². The van der Waals surface area contributed by atoms with Gasteiger partial charge in [-0.3, -0.25) is 4.79 Å². The number of nitrogens with zero attached hydrogens (tertiary/aromatic N) is 4. The SMILES string of the molecule is O=C(c1nn[nH]n1)N(Cc1ccccc1Br)C1CC1. The van der Waals surface area contributed by atoms with Gasteiger partial charge < -0.3 is 4.90 Å². The lowest BCUT2D eigenvalue weighted by molar-refractivity contribution is 0.0717. The Morgan fingerprint density at radius 1 is 1.42 bits per heavy atom.